The van der Waals surface area contributed by atoms with E-state index in [1.54, 1.807) is 0 Å². The van der Waals surface area contributed by atoms with Gasteiger partial charge in [-0.2, -0.15) is 0 Å². The van der Waals surface area contributed by atoms with Crippen molar-refractivity contribution < 1.29 is 44.6 Å². The molecule has 58 valence electrons. The second-order valence-electron chi connectivity index (χ2n) is 1.95. The van der Waals surface area contributed by atoms with Crippen LogP contribution < -0.4 is 34.7 Å². The Morgan fingerprint density at radius 1 is 1.50 bits per heavy atom. The van der Waals surface area contributed by atoms with Gasteiger partial charge in [-0.1, -0.05) is 17.7 Å². The number of phenols is 1. The molecule has 0 fully saturated rings. The molecule has 0 aliphatic heterocycles. The maximum Gasteiger partial charge on any atom is 1.00 e. The van der Waals surface area contributed by atoms with E-state index in [0.717, 1.165) is 6.07 Å². The molecule has 12 heavy (non-hydrogen) atoms. The number of carbonyl (C=O) groups is 1. The average Bonchev–Trinajstić information content (AvgIpc) is 1.94. The number of benzene rings is 1. The molecule has 3 nitrogen and oxygen atoms in total. The predicted octanol–water partition coefficient (Wildman–Crippen LogP) is -2.59. The largest absolute Gasteiger partial charge is 1.00 e. The van der Waals surface area contributed by atoms with Crippen LogP contribution >= 0.6 is 11.6 Å². The predicted molar refractivity (Wildman–Crippen MR) is 37.4 cm³/mol. The van der Waals surface area contributed by atoms with E-state index in [9.17, 15) is 9.90 Å². The van der Waals surface area contributed by atoms with Crippen LogP contribution in [0.25, 0.3) is 0 Å². The van der Waals surface area contributed by atoms with Crippen molar-refractivity contribution in [1.82, 2.24) is 0 Å². The fourth-order valence-electron chi connectivity index (χ4n) is 0.640. The van der Waals surface area contributed by atoms with Crippen molar-refractivity contribution in [2.75, 3.05) is 0 Å². The Labute approximate surface area is 96.3 Å². The maximum atomic E-state index is 10.2. The summed E-state index contributed by atoms with van der Waals surface area (Å²) < 4.78 is 0. The monoisotopic (exact) mass is 194 g/mol. The van der Waals surface area contributed by atoms with Crippen LogP contribution in [0.15, 0.2) is 18.2 Å². The van der Waals surface area contributed by atoms with E-state index in [-0.39, 0.29) is 45.9 Å². The Bertz CT molecular complexity index is 301. The van der Waals surface area contributed by atoms with Crippen LogP contribution in [0.3, 0.4) is 0 Å². The van der Waals surface area contributed by atoms with Gasteiger partial charge in [0.25, 0.3) is 0 Å². The third-order valence-corrected chi connectivity index (χ3v) is 1.50. The molecule has 0 aliphatic carbocycles. The normalized spacial score (nSPS) is 8.75. The summed E-state index contributed by atoms with van der Waals surface area (Å²) in [4.78, 5) is 10.2. The van der Waals surface area contributed by atoms with E-state index in [1.165, 1.54) is 12.1 Å². The van der Waals surface area contributed by atoms with Crippen LogP contribution in [0.1, 0.15) is 10.4 Å². The van der Waals surface area contributed by atoms with Crippen LogP contribution in [0, 0.1) is 0 Å². The molecule has 1 rings (SSSR count). The Hall–Kier alpha value is -0.220. The van der Waals surface area contributed by atoms with Crippen LogP contribution in [0.5, 0.6) is 5.75 Å². The van der Waals surface area contributed by atoms with Gasteiger partial charge in [0.15, 0.2) is 0 Å². The molecule has 5 heteroatoms. The molecule has 0 atom stereocenters. The van der Waals surface area contributed by atoms with E-state index < -0.39 is 5.97 Å². The first-order chi connectivity index (χ1) is 5.11. The van der Waals surface area contributed by atoms with Gasteiger partial charge in [0.1, 0.15) is 5.75 Å². The van der Waals surface area contributed by atoms with Crippen molar-refractivity contribution in [3.63, 3.8) is 0 Å². The van der Waals surface area contributed by atoms with Crippen molar-refractivity contribution in [2.45, 2.75) is 0 Å². The molecular formula is C7H4ClNaO3. The van der Waals surface area contributed by atoms with Gasteiger partial charge < -0.3 is 15.0 Å². The van der Waals surface area contributed by atoms with Gasteiger partial charge in [0, 0.05) is 5.56 Å². The van der Waals surface area contributed by atoms with Gasteiger partial charge in [0.2, 0.25) is 0 Å². The molecule has 0 saturated heterocycles. The zero-order chi connectivity index (χ0) is 8.43. The number of phenolic OH excluding ortho intramolecular Hbond substituents is 1. The molecule has 0 bridgehead atoms. The van der Waals surface area contributed by atoms with Gasteiger partial charge in [-0.3, -0.25) is 0 Å². The Morgan fingerprint density at radius 3 is 2.50 bits per heavy atom. The number of rotatable bonds is 1. The third-order valence-electron chi connectivity index (χ3n) is 1.18. The van der Waals surface area contributed by atoms with E-state index in [4.69, 9.17) is 16.7 Å². The van der Waals surface area contributed by atoms with Gasteiger partial charge >= 0.3 is 29.6 Å². The summed E-state index contributed by atoms with van der Waals surface area (Å²) >= 11 is 5.42. The number of aromatic carboxylic acids is 1. The molecular weight excluding hydrogens is 191 g/mol. The summed E-state index contributed by atoms with van der Waals surface area (Å²) in [5, 5.41) is 19.2. The van der Waals surface area contributed by atoms with Crippen molar-refractivity contribution in [1.29, 1.82) is 0 Å². The summed E-state index contributed by atoms with van der Waals surface area (Å²) in [6, 6.07) is 3.59. The van der Waals surface area contributed by atoms with Crippen LogP contribution in [0.2, 0.25) is 5.02 Å². The second-order valence-corrected chi connectivity index (χ2v) is 2.36. The smallest absolute Gasteiger partial charge is 0.545 e. The van der Waals surface area contributed by atoms with E-state index in [2.05, 4.69) is 0 Å². The third kappa shape index (κ3) is 2.68. The average molecular weight is 195 g/mol. The fraction of sp³-hybridized carbons (Fsp3) is 0. The molecule has 1 aromatic carbocycles. The SMILES string of the molecule is O=C([O-])c1ccc(Cl)c(O)c1.[Na+]. The number of hydrogen-bond donors (Lipinski definition) is 1. The zero-order valence-electron chi connectivity index (χ0n) is 6.37. The molecule has 0 amide bonds. The molecule has 1 N–H and O–H groups in total. The quantitative estimate of drug-likeness (QED) is 0.500. The summed E-state index contributed by atoms with van der Waals surface area (Å²) in [6.45, 7) is 0. The molecule has 0 heterocycles. The summed E-state index contributed by atoms with van der Waals surface area (Å²) in [7, 11) is 0. The molecule has 0 spiro atoms. The summed E-state index contributed by atoms with van der Waals surface area (Å²) in [5.41, 5.74) is -0.0908. The van der Waals surface area contributed by atoms with Crippen LogP contribution in [0.4, 0.5) is 0 Å². The topological polar surface area (TPSA) is 60.4 Å². The summed E-state index contributed by atoms with van der Waals surface area (Å²) in [5.74, 6) is -1.59. The zero-order valence-corrected chi connectivity index (χ0v) is 9.13. The molecule has 0 aromatic heterocycles. The van der Waals surface area contributed by atoms with Gasteiger partial charge in [0.05, 0.1) is 11.0 Å². The van der Waals surface area contributed by atoms with Crippen LogP contribution in [-0.4, -0.2) is 11.1 Å². The second kappa shape index (κ2) is 4.72. The van der Waals surface area contributed by atoms with Crippen LogP contribution in [-0.2, 0) is 0 Å². The molecule has 0 saturated carbocycles. The Balaban J connectivity index is 0.00000121. The standard InChI is InChI=1S/C7H5ClO3.Na/c8-5-2-1-4(7(10)11)3-6(5)9;/h1-3,9H,(H,10,11);/q;+1/p-1. The van der Waals surface area contributed by atoms with Gasteiger partial charge in [-0.15, -0.1) is 0 Å². The minimum Gasteiger partial charge on any atom is -0.545 e. The minimum absolute atomic E-state index is 0. The molecule has 0 unspecified atom stereocenters. The summed E-state index contributed by atoms with van der Waals surface area (Å²) in [6.07, 6.45) is 0. The Kier molecular flexibility index (Phi) is 4.63. The fourth-order valence-corrected chi connectivity index (χ4v) is 0.757. The molecule has 0 radical (unpaired) electrons. The molecule has 0 aliphatic rings. The van der Waals surface area contributed by atoms with E-state index in [0.29, 0.717) is 0 Å². The first kappa shape index (κ1) is 11.8. The first-order valence-electron chi connectivity index (χ1n) is 2.81. The van der Waals surface area contributed by atoms with E-state index in [1.807, 2.05) is 0 Å². The number of aromatic hydroxyl groups is 1. The van der Waals surface area contributed by atoms with E-state index >= 15 is 0 Å². The van der Waals surface area contributed by atoms with Crippen molar-refractivity contribution in [3.05, 3.63) is 28.8 Å². The van der Waals surface area contributed by atoms with Crippen molar-refractivity contribution in [2.24, 2.45) is 0 Å². The number of carboxylic acid groups (broad SMARTS) is 1. The number of halogens is 1. The van der Waals surface area contributed by atoms with Gasteiger partial charge in [-0.05, 0) is 12.1 Å². The number of hydrogen-bond acceptors (Lipinski definition) is 3. The molecule has 1 aromatic rings. The van der Waals surface area contributed by atoms with Gasteiger partial charge in [-0.25, -0.2) is 0 Å². The first-order valence-corrected chi connectivity index (χ1v) is 3.19. The minimum atomic E-state index is -1.34. The van der Waals surface area contributed by atoms with Crippen molar-refractivity contribution in [3.8, 4) is 5.75 Å². The number of carboxylic acids is 1. The number of carbonyl (C=O) groups excluding carboxylic acids is 1. The van der Waals surface area contributed by atoms with Crippen molar-refractivity contribution >= 4 is 17.6 Å². The maximum absolute atomic E-state index is 10.2. The Morgan fingerprint density at radius 2 is 2.08 bits per heavy atom.